The number of rotatable bonds is 5. The van der Waals surface area contributed by atoms with Crippen LogP contribution in [0.25, 0.3) is 22.9 Å². The van der Waals surface area contributed by atoms with E-state index in [0.717, 1.165) is 16.7 Å². The molecule has 0 aliphatic carbocycles. The molecule has 0 amide bonds. The van der Waals surface area contributed by atoms with E-state index in [0.29, 0.717) is 28.6 Å². The predicted octanol–water partition coefficient (Wildman–Crippen LogP) is 5.68. The lowest BCUT2D eigenvalue weighted by atomic mass is 9.87. The molecule has 29 heavy (non-hydrogen) atoms. The quantitative estimate of drug-likeness (QED) is 0.394. The van der Waals surface area contributed by atoms with Gasteiger partial charge in [-0.15, -0.1) is 20.4 Å². The largest absolute Gasteiger partial charge is 0.420 e. The molecule has 0 atom stereocenters. The number of hydrogen-bond donors (Lipinski definition) is 0. The van der Waals surface area contributed by atoms with E-state index in [4.69, 9.17) is 8.83 Å². The molecular weight excluding hydrogens is 384 g/mol. The number of hydrogen-bond acceptors (Lipinski definition) is 7. The van der Waals surface area contributed by atoms with E-state index in [1.807, 2.05) is 43.3 Å². The van der Waals surface area contributed by atoms with Gasteiger partial charge in [-0.25, -0.2) is 0 Å². The second-order valence-corrected chi connectivity index (χ2v) is 8.79. The van der Waals surface area contributed by atoms with Crippen LogP contribution in [0.4, 0.5) is 0 Å². The van der Waals surface area contributed by atoms with Crippen LogP contribution in [0.2, 0.25) is 0 Å². The van der Waals surface area contributed by atoms with Crippen LogP contribution in [-0.4, -0.2) is 20.4 Å². The minimum atomic E-state index is 0.107. The average molecular weight is 407 g/mol. The van der Waals surface area contributed by atoms with Crippen molar-refractivity contribution in [1.29, 1.82) is 0 Å². The van der Waals surface area contributed by atoms with E-state index in [2.05, 4.69) is 53.3 Å². The minimum Gasteiger partial charge on any atom is -0.420 e. The van der Waals surface area contributed by atoms with Crippen LogP contribution in [0.3, 0.4) is 0 Å². The van der Waals surface area contributed by atoms with Crippen LogP contribution in [-0.2, 0) is 11.2 Å². The molecule has 2 heterocycles. The van der Waals surface area contributed by atoms with Gasteiger partial charge < -0.3 is 8.83 Å². The first-order chi connectivity index (χ1) is 13.9. The molecule has 0 unspecified atom stereocenters. The standard InChI is InChI=1S/C22H22N4O2S/c1-14-6-5-7-16(12-14)20-24-23-18(27-20)13-29-21-26-25-19(28-21)15-8-10-17(11-9-15)22(2,3)4/h5-12H,13H2,1-4H3. The van der Waals surface area contributed by atoms with E-state index >= 15 is 0 Å². The minimum absolute atomic E-state index is 0.107. The predicted molar refractivity (Wildman–Crippen MR) is 112 cm³/mol. The molecule has 0 aliphatic heterocycles. The van der Waals surface area contributed by atoms with E-state index in [1.165, 1.54) is 17.3 Å². The van der Waals surface area contributed by atoms with Gasteiger partial charge in [0.25, 0.3) is 5.22 Å². The Kier molecular flexibility index (Phi) is 5.24. The van der Waals surface area contributed by atoms with Crippen LogP contribution in [0, 0.1) is 6.92 Å². The molecule has 148 valence electrons. The normalized spacial score (nSPS) is 11.7. The Labute approximate surface area is 173 Å². The first-order valence-electron chi connectivity index (χ1n) is 9.35. The molecular formula is C22H22N4O2S. The summed E-state index contributed by atoms with van der Waals surface area (Å²) in [6.45, 7) is 8.59. The SMILES string of the molecule is Cc1cccc(-c2nnc(CSc3nnc(-c4ccc(C(C)(C)C)cc4)o3)o2)c1. The lowest BCUT2D eigenvalue weighted by Gasteiger charge is -2.18. The maximum atomic E-state index is 5.77. The van der Waals surface area contributed by atoms with E-state index in [9.17, 15) is 0 Å². The first-order valence-corrected chi connectivity index (χ1v) is 10.3. The molecule has 2 aromatic heterocycles. The van der Waals surface area contributed by atoms with Gasteiger partial charge in [-0.3, -0.25) is 0 Å². The number of thioether (sulfide) groups is 1. The van der Waals surface area contributed by atoms with E-state index in [1.54, 1.807) is 0 Å². The number of nitrogens with zero attached hydrogens (tertiary/aromatic N) is 4. The number of benzene rings is 2. The molecule has 0 N–H and O–H groups in total. The summed E-state index contributed by atoms with van der Waals surface area (Å²) in [5, 5.41) is 17.0. The summed E-state index contributed by atoms with van der Waals surface area (Å²) in [4.78, 5) is 0. The Morgan fingerprint density at radius 3 is 2.28 bits per heavy atom. The van der Waals surface area contributed by atoms with Gasteiger partial charge in [0, 0.05) is 11.1 Å². The van der Waals surface area contributed by atoms with Crippen LogP contribution in [0.15, 0.2) is 62.6 Å². The monoisotopic (exact) mass is 406 g/mol. The zero-order valence-electron chi connectivity index (χ0n) is 16.8. The van der Waals surface area contributed by atoms with Crippen LogP contribution in [0.5, 0.6) is 0 Å². The van der Waals surface area contributed by atoms with Crippen molar-refractivity contribution in [2.24, 2.45) is 0 Å². The number of aryl methyl sites for hydroxylation is 1. The molecule has 0 saturated carbocycles. The lowest BCUT2D eigenvalue weighted by molar-refractivity contribution is 0.464. The summed E-state index contributed by atoms with van der Waals surface area (Å²) in [7, 11) is 0. The van der Waals surface area contributed by atoms with Crippen LogP contribution < -0.4 is 0 Å². The Morgan fingerprint density at radius 2 is 1.55 bits per heavy atom. The van der Waals surface area contributed by atoms with Gasteiger partial charge in [0.05, 0.1) is 5.75 Å². The van der Waals surface area contributed by atoms with Gasteiger partial charge in [0.1, 0.15) is 0 Å². The van der Waals surface area contributed by atoms with Gasteiger partial charge in [-0.05, 0) is 42.2 Å². The molecule has 0 saturated heterocycles. The maximum absolute atomic E-state index is 5.77. The Bertz CT molecular complexity index is 1110. The summed E-state index contributed by atoms with van der Waals surface area (Å²) in [5.74, 6) is 1.98. The average Bonchev–Trinajstić information content (AvgIpc) is 3.35. The van der Waals surface area contributed by atoms with Crippen molar-refractivity contribution in [2.75, 3.05) is 0 Å². The molecule has 0 radical (unpaired) electrons. The summed E-state index contributed by atoms with van der Waals surface area (Å²) >= 11 is 1.37. The fourth-order valence-electron chi connectivity index (χ4n) is 2.83. The van der Waals surface area contributed by atoms with Gasteiger partial charge in [0.15, 0.2) is 0 Å². The van der Waals surface area contributed by atoms with Crippen molar-refractivity contribution < 1.29 is 8.83 Å². The zero-order chi connectivity index (χ0) is 20.4. The summed E-state index contributed by atoms with van der Waals surface area (Å²) in [6.07, 6.45) is 0. The summed E-state index contributed by atoms with van der Waals surface area (Å²) in [5.41, 5.74) is 4.32. The van der Waals surface area contributed by atoms with Gasteiger partial charge in [-0.1, -0.05) is 62.4 Å². The summed E-state index contributed by atoms with van der Waals surface area (Å²) < 4.78 is 11.5. The lowest BCUT2D eigenvalue weighted by Crippen LogP contribution is -2.10. The second kappa shape index (κ2) is 7.83. The third-order valence-electron chi connectivity index (χ3n) is 4.46. The fourth-order valence-corrected chi connectivity index (χ4v) is 3.43. The fraction of sp³-hybridized carbons (Fsp3) is 0.273. The molecule has 0 bridgehead atoms. The molecule has 7 heteroatoms. The van der Waals surface area contributed by atoms with Gasteiger partial charge in [0.2, 0.25) is 17.7 Å². The van der Waals surface area contributed by atoms with Crippen molar-refractivity contribution in [3.8, 4) is 22.9 Å². The molecule has 6 nitrogen and oxygen atoms in total. The van der Waals surface area contributed by atoms with E-state index in [-0.39, 0.29) is 5.41 Å². The van der Waals surface area contributed by atoms with Gasteiger partial charge >= 0.3 is 0 Å². The zero-order valence-corrected chi connectivity index (χ0v) is 17.7. The number of aromatic nitrogens is 4. The summed E-state index contributed by atoms with van der Waals surface area (Å²) in [6, 6.07) is 16.2. The van der Waals surface area contributed by atoms with Crippen molar-refractivity contribution in [1.82, 2.24) is 20.4 Å². The van der Waals surface area contributed by atoms with Crippen molar-refractivity contribution in [2.45, 2.75) is 44.1 Å². The highest BCUT2D eigenvalue weighted by atomic mass is 32.2. The van der Waals surface area contributed by atoms with Crippen molar-refractivity contribution >= 4 is 11.8 Å². The molecule has 0 spiro atoms. The van der Waals surface area contributed by atoms with E-state index < -0.39 is 0 Å². The molecule has 2 aromatic carbocycles. The smallest absolute Gasteiger partial charge is 0.277 e. The van der Waals surface area contributed by atoms with Crippen LogP contribution in [0.1, 0.15) is 37.8 Å². The Hall–Kier alpha value is -2.93. The highest BCUT2D eigenvalue weighted by Gasteiger charge is 2.16. The first kappa shape index (κ1) is 19.4. The molecule has 4 rings (SSSR count). The third-order valence-corrected chi connectivity index (χ3v) is 5.26. The van der Waals surface area contributed by atoms with Crippen molar-refractivity contribution in [3.05, 3.63) is 65.5 Å². The third kappa shape index (κ3) is 4.56. The second-order valence-electron chi connectivity index (χ2n) is 7.86. The van der Waals surface area contributed by atoms with Crippen LogP contribution >= 0.6 is 11.8 Å². The molecule has 4 aromatic rings. The van der Waals surface area contributed by atoms with Gasteiger partial charge in [-0.2, -0.15) is 0 Å². The highest BCUT2D eigenvalue weighted by molar-refractivity contribution is 7.98. The highest BCUT2D eigenvalue weighted by Crippen LogP contribution is 2.29. The molecule has 0 fully saturated rings. The Balaban J connectivity index is 1.41. The Morgan fingerprint density at radius 1 is 0.828 bits per heavy atom. The topological polar surface area (TPSA) is 77.8 Å². The van der Waals surface area contributed by atoms with Crippen molar-refractivity contribution in [3.63, 3.8) is 0 Å². The molecule has 0 aliphatic rings. The maximum Gasteiger partial charge on any atom is 0.277 e.